The molecular formula is C32H32F2N6O9S. The van der Waals surface area contributed by atoms with Crippen molar-refractivity contribution in [2.24, 2.45) is 12.5 Å². The van der Waals surface area contributed by atoms with Crippen molar-refractivity contribution >= 4 is 39.2 Å². The summed E-state index contributed by atoms with van der Waals surface area (Å²) in [7, 11) is -3.02. The van der Waals surface area contributed by atoms with E-state index >= 15 is 0 Å². The molecule has 5 N–H and O–H groups in total. The zero-order chi connectivity index (χ0) is 37.0. The predicted molar refractivity (Wildman–Crippen MR) is 175 cm³/mol. The molecule has 0 aliphatic rings. The number of hydrogen-bond acceptors (Lipinski definition) is 9. The van der Waals surface area contributed by atoms with Crippen LogP contribution in [0.25, 0.3) is 5.82 Å². The highest BCUT2D eigenvalue weighted by atomic mass is 32.2. The number of anilines is 2. The molecule has 0 spiro atoms. The number of aromatic nitrogens is 3. The number of benzene rings is 2. The predicted octanol–water partition coefficient (Wildman–Crippen LogP) is 1.78. The lowest BCUT2D eigenvalue weighted by Gasteiger charge is -2.20. The number of aryl methyl sites for hydroxylation is 2. The number of nitrogens with zero attached hydrogens (tertiary/aromatic N) is 3. The fourth-order valence-corrected chi connectivity index (χ4v) is 5.43. The summed E-state index contributed by atoms with van der Waals surface area (Å²) in [6.45, 7) is 2.57. The van der Waals surface area contributed by atoms with E-state index in [1.54, 1.807) is 0 Å². The highest BCUT2D eigenvalue weighted by Gasteiger charge is 2.27. The van der Waals surface area contributed by atoms with Gasteiger partial charge in [0.15, 0.2) is 0 Å². The number of sulfonamides is 1. The van der Waals surface area contributed by atoms with Gasteiger partial charge in [0.1, 0.15) is 23.5 Å². The standard InChI is InChI=1S/C32H32F2N6O9S/c1-32(2,17-41)30(46)36-19-6-8-20(9-7-19)50(48,49)38-25-15-22(33)21(14-23(25)34)28(43)37-24(29(44)45)10-4-18-5-11-26(35-16-18)40-27(42)12-13-39(3)31(40)47/h5-9,11-16,24,38,41H,4,10,17H2,1-3H3,(H,36,46)(H,37,43)(H,44,45)/t24-/m0/s1. The van der Waals surface area contributed by atoms with Gasteiger partial charge < -0.3 is 25.4 Å². The van der Waals surface area contributed by atoms with E-state index in [2.05, 4.69) is 15.6 Å². The summed E-state index contributed by atoms with van der Waals surface area (Å²) in [5.41, 5.74) is -3.35. The number of aliphatic carboxylic acids is 1. The number of carbonyl (C=O) groups excluding carboxylic acids is 2. The van der Waals surface area contributed by atoms with Crippen LogP contribution in [-0.2, 0) is 33.1 Å². The average Bonchev–Trinajstić information content (AvgIpc) is 3.06. The first-order valence-electron chi connectivity index (χ1n) is 14.8. The van der Waals surface area contributed by atoms with Crippen LogP contribution in [0.1, 0.15) is 36.2 Å². The van der Waals surface area contributed by atoms with Gasteiger partial charge in [-0.25, -0.2) is 36.3 Å². The lowest BCUT2D eigenvalue weighted by atomic mass is 9.93. The Morgan fingerprint density at radius 2 is 1.68 bits per heavy atom. The van der Waals surface area contributed by atoms with Crippen LogP contribution in [0.2, 0.25) is 0 Å². The van der Waals surface area contributed by atoms with Crippen LogP contribution >= 0.6 is 0 Å². The summed E-state index contributed by atoms with van der Waals surface area (Å²) in [5, 5.41) is 23.6. The summed E-state index contributed by atoms with van der Waals surface area (Å²) >= 11 is 0. The minimum Gasteiger partial charge on any atom is -0.480 e. The molecule has 0 saturated carbocycles. The van der Waals surface area contributed by atoms with Gasteiger partial charge >= 0.3 is 11.7 Å². The van der Waals surface area contributed by atoms with Gasteiger partial charge in [-0.3, -0.25) is 19.1 Å². The van der Waals surface area contributed by atoms with Crippen molar-refractivity contribution in [2.75, 3.05) is 16.6 Å². The third-order valence-electron chi connectivity index (χ3n) is 7.50. The van der Waals surface area contributed by atoms with E-state index in [4.69, 9.17) is 0 Å². The topological polar surface area (TPSA) is 219 Å². The second kappa shape index (κ2) is 14.8. The number of carboxylic acid groups (broad SMARTS) is 1. The van der Waals surface area contributed by atoms with Crippen molar-refractivity contribution < 1.29 is 41.8 Å². The van der Waals surface area contributed by atoms with Gasteiger partial charge in [0.25, 0.3) is 21.5 Å². The molecule has 0 aliphatic carbocycles. The first kappa shape index (κ1) is 37.1. The molecule has 0 fully saturated rings. The fraction of sp³-hybridized carbons (Fsp3) is 0.250. The number of amides is 2. The Kier molecular flexibility index (Phi) is 11.0. The Labute approximate surface area is 283 Å². The molecule has 2 aromatic heterocycles. The molecule has 264 valence electrons. The Balaban J connectivity index is 1.42. The molecule has 15 nitrogen and oxygen atoms in total. The molecule has 0 saturated heterocycles. The molecule has 50 heavy (non-hydrogen) atoms. The van der Waals surface area contributed by atoms with Gasteiger partial charge in [-0.15, -0.1) is 0 Å². The maximum Gasteiger partial charge on any atom is 0.336 e. The molecular weight excluding hydrogens is 682 g/mol. The molecule has 0 unspecified atom stereocenters. The molecule has 18 heteroatoms. The quantitative estimate of drug-likeness (QED) is 0.135. The summed E-state index contributed by atoms with van der Waals surface area (Å²) in [6.07, 6.45) is 2.45. The van der Waals surface area contributed by atoms with E-state index in [1.807, 2.05) is 4.72 Å². The van der Waals surface area contributed by atoms with Crippen molar-refractivity contribution in [1.29, 1.82) is 0 Å². The van der Waals surface area contributed by atoms with E-state index < -0.39 is 80.0 Å². The van der Waals surface area contributed by atoms with E-state index in [1.165, 1.54) is 68.2 Å². The molecule has 0 bridgehead atoms. The van der Waals surface area contributed by atoms with Gasteiger partial charge in [0.2, 0.25) is 5.91 Å². The molecule has 4 rings (SSSR count). The molecule has 2 amide bonds. The number of nitrogens with one attached hydrogen (secondary N) is 3. The van der Waals surface area contributed by atoms with E-state index in [0.29, 0.717) is 17.7 Å². The van der Waals surface area contributed by atoms with Crippen LogP contribution in [0.3, 0.4) is 0 Å². The second-order valence-corrected chi connectivity index (χ2v) is 13.4. The Bertz CT molecular complexity index is 2170. The minimum atomic E-state index is -4.48. The second-order valence-electron chi connectivity index (χ2n) is 11.7. The zero-order valence-corrected chi connectivity index (χ0v) is 27.6. The Morgan fingerprint density at radius 3 is 2.28 bits per heavy atom. The third kappa shape index (κ3) is 8.45. The third-order valence-corrected chi connectivity index (χ3v) is 8.88. The van der Waals surface area contributed by atoms with Crippen molar-refractivity contribution in [3.05, 3.63) is 111 Å². The number of carboxylic acids is 1. The zero-order valence-electron chi connectivity index (χ0n) is 26.8. The normalized spacial score (nSPS) is 12.2. The Morgan fingerprint density at radius 1 is 1.00 bits per heavy atom. The van der Waals surface area contributed by atoms with Crippen LogP contribution < -0.4 is 26.6 Å². The molecule has 2 heterocycles. The van der Waals surface area contributed by atoms with Crippen LogP contribution in [0.15, 0.2) is 81.5 Å². The SMILES string of the molecule is Cn1ccc(=O)n(-c2ccc(CC[C@H](NC(=O)c3cc(F)c(NS(=O)(=O)c4ccc(NC(=O)C(C)(C)CO)cc4)cc3F)C(=O)O)cn2)c1=O. The number of aliphatic hydroxyl groups excluding tert-OH is 1. The van der Waals surface area contributed by atoms with Gasteiger partial charge in [0.05, 0.1) is 28.2 Å². The number of halogens is 2. The molecule has 1 atom stereocenters. The largest absolute Gasteiger partial charge is 0.480 e. The first-order valence-corrected chi connectivity index (χ1v) is 16.2. The number of rotatable bonds is 13. The van der Waals surface area contributed by atoms with E-state index in [0.717, 1.165) is 16.7 Å². The minimum absolute atomic E-state index is 0.0358. The van der Waals surface area contributed by atoms with Gasteiger partial charge in [0, 0.05) is 37.3 Å². The highest BCUT2D eigenvalue weighted by Crippen LogP contribution is 2.25. The molecule has 0 aliphatic heterocycles. The highest BCUT2D eigenvalue weighted by molar-refractivity contribution is 7.92. The maximum absolute atomic E-state index is 15.0. The van der Waals surface area contributed by atoms with E-state index in [-0.39, 0.29) is 29.2 Å². The number of hydrogen-bond donors (Lipinski definition) is 5. The summed E-state index contributed by atoms with van der Waals surface area (Å²) in [4.78, 5) is 65.1. The van der Waals surface area contributed by atoms with Crippen molar-refractivity contribution in [1.82, 2.24) is 19.4 Å². The smallest absolute Gasteiger partial charge is 0.336 e. The van der Waals surface area contributed by atoms with Gasteiger partial charge in [-0.2, -0.15) is 0 Å². The maximum atomic E-state index is 15.0. The molecule has 0 radical (unpaired) electrons. The van der Waals surface area contributed by atoms with Gasteiger partial charge in [-0.1, -0.05) is 6.07 Å². The van der Waals surface area contributed by atoms with Crippen molar-refractivity contribution in [2.45, 2.75) is 37.6 Å². The number of pyridine rings is 1. The van der Waals surface area contributed by atoms with Crippen LogP contribution in [-0.4, -0.2) is 63.2 Å². The summed E-state index contributed by atoms with van der Waals surface area (Å²) in [6, 6.07) is 8.08. The molecule has 2 aromatic carbocycles. The monoisotopic (exact) mass is 714 g/mol. The average molecular weight is 715 g/mol. The van der Waals surface area contributed by atoms with Crippen LogP contribution in [0.5, 0.6) is 0 Å². The number of aliphatic hydroxyl groups is 1. The lowest BCUT2D eigenvalue weighted by Crippen LogP contribution is -2.41. The van der Waals surface area contributed by atoms with Gasteiger partial charge in [-0.05, 0) is 68.7 Å². The number of carbonyl (C=O) groups is 3. The molecule has 4 aromatic rings. The lowest BCUT2D eigenvalue weighted by molar-refractivity contribution is -0.139. The Hall–Kier alpha value is -5.75. The van der Waals surface area contributed by atoms with Crippen molar-refractivity contribution in [3.63, 3.8) is 0 Å². The van der Waals surface area contributed by atoms with Crippen LogP contribution in [0.4, 0.5) is 20.2 Å². The fourth-order valence-electron chi connectivity index (χ4n) is 4.37. The van der Waals surface area contributed by atoms with Crippen LogP contribution in [0, 0.1) is 17.0 Å². The summed E-state index contributed by atoms with van der Waals surface area (Å²) in [5.74, 6) is -5.92. The first-order chi connectivity index (χ1) is 23.4. The van der Waals surface area contributed by atoms with Crippen molar-refractivity contribution in [3.8, 4) is 5.82 Å². The summed E-state index contributed by atoms with van der Waals surface area (Å²) < 4.78 is 59.6. The van der Waals surface area contributed by atoms with E-state index in [9.17, 15) is 51.4 Å².